The van der Waals surface area contributed by atoms with Gasteiger partial charge in [0.25, 0.3) is 0 Å². The monoisotopic (exact) mass is 374 g/mol. The van der Waals surface area contributed by atoms with Gasteiger partial charge in [-0.1, -0.05) is 18.2 Å². The fourth-order valence-electron chi connectivity index (χ4n) is 2.53. The Bertz CT molecular complexity index is 1090. The normalized spacial score (nSPS) is 10.0. The van der Waals surface area contributed by atoms with E-state index in [-0.39, 0.29) is 11.5 Å². The van der Waals surface area contributed by atoms with Gasteiger partial charge in [-0.15, -0.1) is 0 Å². The second-order valence-electron chi connectivity index (χ2n) is 5.68. The van der Waals surface area contributed by atoms with Crippen molar-refractivity contribution < 1.29 is 14.5 Å². The van der Waals surface area contributed by atoms with Crippen molar-refractivity contribution in [3.8, 4) is 11.3 Å². The molecule has 0 saturated carbocycles. The van der Waals surface area contributed by atoms with Crippen molar-refractivity contribution in [3.63, 3.8) is 0 Å². The van der Waals surface area contributed by atoms with Crippen LogP contribution in [0.2, 0.25) is 0 Å². The second kappa shape index (κ2) is 7.97. The molecule has 0 bridgehead atoms. The second-order valence-corrected chi connectivity index (χ2v) is 5.68. The molecule has 3 rings (SSSR count). The van der Waals surface area contributed by atoms with Gasteiger partial charge in [-0.25, -0.2) is 14.6 Å². The average Bonchev–Trinajstić information content (AvgIpc) is 2.73. The Kier molecular flexibility index (Phi) is 5.28. The zero-order valence-electron chi connectivity index (χ0n) is 14.7. The third kappa shape index (κ3) is 3.94. The summed E-state index contributed by atoms with van der Waals surface area (Å²) in [6.07, 6.45) is 0. The first-order valence-electron chi connectivity index (χ1n) is 8.10. The zero-order valence-corrected chi connectivity index (χ0v) is 14.7. The van der Waals surface area contributed by atoms with E-state index in [1.807, 2.05) is 0 Å². The SMILES string of the molecule is [C-]#[N+]c1cccc(-c2ccc([N+](=O)[O-])c(Nc3ccc(C(=O)OC)cc3)n2)c1. The number of nitro groups is 1. The van der Waals surface area contributed by atoms with Gasteiger partial charge in [0.1, 0.15) is 0 Å². The molecular weight excluding hydrogens is 360 g/mol. The summed E-state index contributed by atoms with van der Waals surface area (Å²) in [5, 5.41) is 14.3. The van der Waals surface area contributed by atoms with Crippen molar-refractivity contribution in [2.24, 2.45) is 0 Å². The highest BCUT2D eigenvalue weighted by atomic mass is 16.6. The standard InChI is InChI=1S/C20H14N4O4/c1-21-16-5-3-4-14(12-16)17-10-11-18(24(26)27)19(23-17)22-15-8-6-13(7-9-15)20(25)28-2/h3-12H,2H3,(H,22,23). The molecule has 3 aromatic rings. The van der Waals surface area contributed by atoms with Gasteiger partial charge in [0.2, 0.25) is 5.82 Å². The summed E-state index contributed by atoms with van der Waals surface area (Å²) >= 11 is 0. The Hall–Kier alpha value is -4.25. The van der Waals surface area contributed by atoms with Crippen molar-refractivity contribution in [3.05, 3.63) is 87.8 Å². The van der Waals surface area contributed by atoms with E-state index >= 15 is 0 Å². The van der Waals surface area contributed by atoms with Crippen LogP contribution in [-0.4, -0.2) is 23.0 Å². The van der Waals surface area contributed by atoms with E-state index in [0.717, 1.165) is 0 Å². The lowest BCUT2D eigenvalue weighted by Gasteiger charge is -2.09. The molecule has 0 amide bonds. The van der Waals surface area contributed by atoms with Crippen LogP contribution in [0.4, 0.5) is 22.9 Å². The third-order valence-corrected chi connectivity index (χ3v) is 3.91. The Morgan fingerprint density at radius 2 is 1.93 bits per heavy atom. The number of benzene rings is 2. The lowest BCUT2D eigenvalue weighted by atomic mass is 10.1. The molecule has 0 aliphatic heterocycles. The Morgan fingerprint density at radius 3 is 2.57 bits per heavy atom. The maximum Gasteiger partial charge on any atom is 0.337 e. The highest BCUT2D eigenvalue weighted by molar-refractivity contribution is 5.89. The number of nitrogens with zero attached hydrogens (tertiary/aromatic N) is 3. The van der Waals surface area contributed by atoms with Crippen LogP contribution < -0.4 is 5.32 Å². The number of carbonyl (C=O) groups excluding carboxylic acids is 1. The summed E-state index contributed by atoms with van der Waals surface area (Å²) in [6.45, 7) is 7.12. The van der Waals surface area contributed by atoms with Crippen LogP contribution in [0.1, 0.15) is 10.4 Å². The molecule has 0 atom stereocenters. The number of hydrogen-bond acceptors (Lipinski definition) is 6. The number of esters is 1. The van der Waals surface area contributed by atoms with Crippen LogP contribution in [-0.2, 0) is 4.74 Å². The number of rotatable bonds is 5. The number of aromatic nitrogens is 1. The van der Waals surface area contributed by atoms with Gasteiger partial charge in [0, 0.05) is 11.8 Å². The van der Waals surface area contributed by atoms with E-state index in [9.17, 15) is 14.9 Å². The summed E-state index contributed by atoms with van der Waals surface area (Å²) in [4.78, 5) is 30.1. The van der Waals surface area contributed by atoms with Crippen LogP contribution >= 0.6 is 0 Å². The largest absolute Gasteiger partial charge is 0.465 e. The molecular formula is C20H14N4O4. The minimum Gasteiger partial charge on any atom is -0.465 e. The molecule has 8 heteroatoms. The zero-order chi connectivity index (χ0) is 20.1. The van der Waals surface area contributed by atoms with Crippen LogP contribution in [0.25, 0.3) is 16.1 Å². The van der Waals surface area contributed by atoms with E-state index in [4.69, 9.17) is 6.57 Å². The Morgan fingerprint density at radius 1 is 1.18 bits per heavy atom. The lowest BCUT2D eigenvalue weighted by Crippen LogP contribution is -2.03. The van der Waals surface area contributed by atoms with Gasteiger partial charge < -0.3 is 10.1 Å². The number of ether oxygens (including phenoxy) is 1. The minimum absolute atomic E-state index is 0.0570. The van der Waals surface area contributed by atoms with Gasteiger partial charge >= 0.3 is 11.7 Å². The lowest BCUT2D eigenvalue weighted by molar-refractivity contribution is -0.384. The van der Waals surface area contributed by atoms with Gasteiger partial charge in [-0.2, -0.15) is 0 Å². The van der Waals surface area contributed by atoms with Crippen molar-refractivity contribution in [2.75, 3.05) is 12.4 Å². The van der Waals surface area contributed by atoms with Gasteiger partial charge in [0.05, 0.1) is 29.9 Å². The van der Waals surface area contributed by atoms with Crippen LogP contribution in [0, 0.1) is 16.7 Å². The molecule has 0 saturated heterocycles. The van der Waals surface area contributed by atoms with Crippen molar-refractivity contribution in [1.29, 1.82) is 0 Å². The van der Waals surface area contributed by atoms with Crippen molar-refractivity contribution >= 4 is 28.8 Å². The molecule has 1 N–H and O–H groups in total. The number of anilines is 2. The average molecular weight is 374 g/mol. The van der Waals surface area contributed by atoms with Crippen LogP contribution in [0.3, 0.4) is 0 Å². The van der Waals surface area contributed by atoms with E-state index in [1.54, 1.807) is 48.5 Å². The maximum atomic E-state index is 11.5. The molecule has 8 nitrogen and oxygen atoms in total. The molecule has 2 aromatic carbocycles. The van der Waals surface area contributed by atoms with Crippen molar-refractivity contribution in [2.45, 2.75) is 0 Å². The van der Waals surface area contributed by atoms with Gasteiger partial charge in [0.15, 0.2) is 5.69 Å². The smallest absolute Gasteiger partial charge is 0.337 e. The van der Waals surface area contributed by atoms with E-state index in [0.29, 0.717) is 28.2 Å². The summed E-state index contributed by atoms with van der Waals surface area (Å²) in [5.74, 6) is -0.418. The Labute approximate surface area is 160 Å². The van der Waals surface area contributed by atoms with Gasteiger partial charge in [-0.05, 0) is 42.0 Å². The molecule has 1 heterocycles. The summed E-state index contributed by atoms with van der Waals surface area (Å²) in [5.41, 5.74) is 2.31. The third-order valence-electron chi connectivity index (χ3n) is 3.91. The number of hydrogen-bond donors (Lipinski definition) is 1. The molecule has 0 aliphatic carbocycles. The first kappa shape index (κ1) is 18.5. The van der Waals surface area contributed by atoms with Crippen LogP contribution in [0.5, 0.6) is 0 Å². The molecule has 1 aromatic heterocycles. The summed E-state index contributed by atoms with van der Waals surface area (Å²) in [6, 6.07) is 16.0. The van der Waals surface area contributed by atoms with Gasteiger partial charge in [-0.3, -0.25) is 10.1 Å². The first-order chi connectivity index (χ1) is 13.5. The topological polar surface area (TPSA) is 98.7 Å². The van der Waals surface area contributed by atoms with E-state index in [1.165, 1.54) is 19.2 Å². The molecule has 0 spiro atoms. The highest BCUT2D eigenvalue weighted by Gasteiger charge is 2.17. The molecule has 28 heavy (non-hydrogen) atoms. The molecule has 0 fully saturated rings. The quantitative estimate of drug-likeness (QED) is 0.300. The fraction of sp³-hybridized carbons (Fsp3) is 0.0500. The van der Waals surface area contributed by atoms with Crippen molar-refractivity contribution in [1.82, 2.24) is 4.98 Å². The predicted molar refractivity (Wildman–Crippen MR) is 104 cm³/mol. The fourth-order valence-corrected chi connectivity index (χ4v) is 2.53. The number of nitrogens with one attached hydrogen (secondary N) is 1. The van der Waals surface area contributed by atoms with E-state index < -0.39 is 10.9 Å². The number of methoxy groups -OCH3 is 1. The molecule has 0 aliphatic rings. The maximum absolute atomic E-state index is 11.5. The first-order valence-corrected chi connectivity index (χ1v) is 8.10. The number of carbonyl (C=O) groups is 1. The molecule has 0 radical (unpaired) electrons. The predicted octanol–water partition coefficient (Wildman–Crippen LogP) is 4.74. The summed E-state index contributed by atoms with van der Waals surface area (Å²) < 4.78 is 4.65. The van der Waals surface area contributed by atoms with E-state index in [2.05, 4.69) is 19.9 Å². The highest BCUT2D eigenvalue weighted by Crippen LogP contribution is 2.30. The molecule has 138 valence electrons. The molecule has 0 unspecified atom stereocenters. The number of pyridine rings is 1. The van der Waals surface area contributed by atoms with Crippen LogP contribution in [0.15, 0.2) is 60.7 Å². The minimum atomic E-state index is -0.530. The summed E-state index contributed by atoms with van der Waals surface area (Å²) in [7, 11) is 1.29. The Balaban J connectivity index is 1.97.